The Balaban J connectivity index is 1.58. The summed E-state index contributed by atoms with van der Waals surface area (Å²) in [6.07, 6.45) is 1.58. The number of amides is 1. The van der Waals surface area contributed by atoms with Gasteiger partial charge in [0.05, 0.1) is 10.6 Å². The maximum absolute atomic E-state index is 13.6. The molecular formula is C28H32N2O4S. The van der Waals surface area contributed by atoms with E-state index in [2.05, 4.69) is 17.4 Å². The minimum absolute atomic E-state index is 0.155. The third-order valence-corrected chi connectivity index (χ3v) is 8.43. The maximum atomic E-state index is 13.6. The minimum atomic E-state index is -3.94. The monoisotopic (exact) mass is 492 g/mol. The quantitative estimate of drug-likeness (QED) is 0.507. The van der Waals surface area contributed by atoms with Crippen molar-refractivity contribution in [2.75, 3.05) is 30.6 Å². The lowest BCUT2D eigenvalue weighted by Gasteiger charge is -2.38. The number of anilines is 1. The van der Waals surface area contributed by atoms with Crippen LogP contribution in [0.5, 0.6) is 0 Å². The highest BCUT2D eigenvalue weighted by atomic mass is 32.2. The van der Waals surface area contributed by atoms with Gasteiger partial charge in [-0.25, -0.2) is 8.42 Å². The molecule has 1 heterocycles. The molecule has 35 heavy (non-hydrogen) atoms. The van der Waals surface area contributed by atoms with E-state index < -0.39 is 10.0 Å². The number of aryl methyl sites for hydroxylation is 2. The van der Waals surface area contributed by atoms with Crippen molar-refractivity contribution in [1.29, 1.82) is 0 Å². The molecule has 0 atom stereocenters. The Bertz CT molecular complexity index is 1250. The van der Waals surface area contributed by atoms with Gasteiger partial charge >= 0.3 is 0 Å². The van der Waals surface area contributed by atoms with Gasteiger partial charge in [-0.1, -0.05) is 60.2 Å². The van der Waals surface area contributed by atoms with Crippen LogP contribution in [0.15, 0.2) is 83.8 Å². The number of hydrogen-bond donors (Lipinski definition) is 1. The molecular weight excluding hydrogens is 460 g/mol. The Morgan fingerprint density at radius 1 is 0.914 bits per heavy atom. The van der Waals surface area contributed by atoms with Crippen molar-refractivity contribution in [2.24, 2.45) is 0 Å². The zero-order chi connectivity index (χ0) is 24.9. The van der Waals surface area contributed by atoms with E-state index in [-0.39, 0.29) is 22.8 Å². The minimum Gasteiger partial charge on any atom is -0.381 e. The molecule has 3 aromatic carbocycles. The zero-order valence-corrected chi connectivity index (χ0v) is 21.1. The fourth-order valence-electron chi connectivity index (χ4n) is 4.51. The van der Waals surface area contributed by atoms with Gasteiger partial charge in [0.15, 0.2) is 0 Å². The van der Waals surface area contributed by atoms with Gasteiger partial charge in [0.1, 0.15) is 6.54 Å². The summed E-state index contributed by atoms with van der Waals surface area (Å²) in [4.78, 5) is 13.4. The van der Waals surface area contributed by atoms with Crippen LogP contribution < -0.4 is 9.62 Å². The molecule has 3 aromatic rings. The number of nitrogens with zero attached hydrogens (tertiary/aromatic N) is 1. The number of rotatable bonds is 8. The first kappa shape index (κ1) is 24.9. The molecule has 1 amide bonds. The predicted molar refractivity (Wildman–Crippen MR) is 138 cm³/mol. The lowest BCUT2D eigenvalue weighted by Crippen LogP contribution is -2.48. The van der Waals surface area contributed by atoms with Gasteiger partial charge in [-0.05, 0) is 62.1 Å². The third-order valence-electron chi connectivity index (χ3n) is 6.65. The summed E-state index contributed by atoms with van der Waals surface area (Å²) in [5.41, 5.74) is 3.26. The van der Waals surface area contributed by atoms with Gasteiger partial charge in [-0.15, -0.1) is 0 Å². The average molecular weight is 493 g/mol. The van der Waals surface area contributed by atoms with Crippen LogP contribution in [0.3, 0.4) is 0 Å². The molecule has 184 valence electrons. The Morgan fingerprint density at radius 2 is 1.60 bits per heavy atom. The van der Waals surface area contributed by atoms with Crippen molar-refractivity contribution in [3.63, 3.8) is 0 Å². The first-order valence-corrected chi connectivity index (χ1v) is 13.3. The summed E-state index contributed by atoms with van der Waals surface area (Å²) >= 11 is 0. The molecule has 7 heteroatoms. The number of benzene rings is 3. The smallest absolute Gasteiger partial charge is 0.264 e. The van der Waals surface area contributed by atoms with E-state index in [0.29, 0.717) is 25.4 Å². The topological polar surface area (TPSA) is 75.7 Å². The van der Waals surface area contributed by atoms with Crippen molar-refractivity contribution in [3.05, 3.63) is 95.6 Å². The second-order valence-electron chi connectivity index (χ2n) is 9.20. The summed E-state index contributed by atoms with van der Waals surface area (Å²) in [7, 11) is -3.94. The molecule has 6 nitrogen and oxygen atoms in total. The highest BCUT2D eigenvalue weighted by Crippen LogP contribution is 2.34. The van der Waals surface area contributed by atoms with Crippen molar-refractivity contribution in [1.82, 2.24) is 5.32 Å². The van der Waals surface area contributed by atoms with Crippen molar-refractivity contribution < 1.29 is 17.9 Å². The Labute approximate surface area is 208 Å². The van der Waals surface area contributed by atoms with Crippen molar-refractivity contribution >= 4 is 21.6 Å². The molecule has 0 saturated carbocycles. The predicted octanol–water partition coefficient (Wildman–Crippen LogP) is 4.36. The van der Waals surface area contributed by atoms with Gasteiger partial charge in [0.25, 0.3) is 10.0 Å². The van der Waals surface area contributed by atoms with Gasteiger partial charge < -0.3 is 10.1 Å². The van der Waals surface area contributed by atoms with Gasteiger partial charge in [0, 0.05) is 25.2 Å². The first-order valence-electron chi connectivity index (χ1n) is 11.9. The molecule has 0 aromatic heterocycles. The highest BCUT2D eigenvalue weighted by molar-refractivity contribution is 7.92. The maximum Gasteiger partial charge on any atom is 0.264 e. The summed E-state index contributed by atoms with van der Waals surface area (Å²) in [5, 5.41) is 3.04. The van der Waals surface area contributed by atoms with Crippen LogP contribution in [-0.2, 0) is 25.0 Å². The third kappa shape index (κ3) is 5.74. The van der Waals surface area contributed by atoms with Crippen molar-refractivity contribution in [2.45, 2.75) is 37.0 Å². The van der Waals surface area contributed by atoms with Crippen LogP contribution >= 0.6 is 0 Å². The molecule has 1 aliphatic rings. The average Bonchev–Trinajstić information content (AvgIpc) is 2.87. The van der Waals surface area contributed by atoms with Gasteiger partial charge in [-0.3, -0.25) is 9.10 Å². The number of hydrogen-bond acceptors (Lipinski definition) is 4. The van der Waals surface area contributed by atoms with E-state index >= 15 is 0 Å². The second-order valence-corrected chi connectivity index (χ2v) is 11.1. The van der Waals surface area contributed by atoms with E-state index in [9.17, 15) is 13.2 Å². The SMILES string of the molecule is Cc1ccc(S(=O)(=O)N(CC(=O)NCC2(c3ccccc3)CCOCC2)c2cccc(C)c2)cc1. The fraction of sp³-hybridized carbons (Fsp3) is 0.321. The molecule has 1 saturated heterocycles. The molecule has 4 rings (SSSR count). The molecule has 0 bridgehead atoms. The lowest BCUT2D eigenvalue weighted by atomic mass is 9.74. The molecule has 0 unspecified atom stereocenters. The van der Waals surface area contributed by atoms with Gasteiger partial charge in [0.2, 0.25) is 5.91 Å². The Kier molecular flexibility index (Phi) is 7.57. The number of carbonyl (C=O) groups is 1. The highest BCUT2D eigenvalue weighted by Gasteiger charge is 2.35. The van der Waals surface area contributed by atoms with E-state index in [0.717, 1.165) is 29.5 Å². The molecule has 0 spiro atoms. The van der Waals surface area contributed by atoms with Crippen molar-refractivity contribution in [3.8, 4) is 0 Å². The summed E-state index contributed by atoms with van der Waals surface area (Å²) in [5.74, 6) is -0.344. The van der Waals surface area contributed by atoms with Crippen LogP contribution in [0.2, 0.25) is 0 Å². The largest absolute Gasteiger partial charge is 0.381 e. The molecule has 1 N–H and O–H groups in total. The van der Waals surface area contributed by atoms with Crippen LogP contribution in [0, 0.1) is 13.8 Å². The van der Waals surface area contributed by atoms with E-state index in [1.165, 1.54) is 4.31 Å². The Morgan fingerprint density at radius 3 is 2.26 bits per heavy atom. The molecule has 1 aliphatic heterocycles. The van der Waals surface area contributed by atoms with Crippen LogP contribution in [-0.4, -0.2) is 40.6 Å². The Hall–Kier alpha value is -3.16. The molecule has 0 radical (unpaired) electrons. The summed E-state index contributed by atoms with van der Waals surface area (Å²) < 4.78 is 34.0. The van der Waals surface area contributed by atoms with Crippen LogP contribution in [0.1, 0.15) is 29.5 Å². The number of ether oxygens (including phenoxy) is 1. The number of sulfonamides is 1. The number of carbonyl (C=O) groups excluding carboxylic acids is 1. The van der Waals surface area contributed by atoms with Gasteiger partial charge in [-0.2, -0.15) is 0 Å². The van der Waals surface area contributed by atoms with E-state index in [4.69, 9.17) is 4.74 Å². The number of nitrogens with one attached hydrogen (secondary N) is 1. The zero-order valence-electron chi connectivity index (χ0n) is 20.2. The summed E-state index contributed by atoms with van der Waals surface area (Å²) in [6, 6.07) is 24.0. The second kappa shape index (κ2) is 10.6. The normalized spacial score (nSPS) is 15.4. The molecule has 1 fully saturated rings. The molecule has 0 aliphatic carbocycles. The standard InChI is InChI=1S/C28H32N2O4S/c1-22-11-13-26(14-12-22)35(32,33)30(25-10-6-7-23(2)19-25)20-27(31)29-21-28(15-17-34-18-16-28)24-8-4-3-5-9-24/h3-14,19H,15-18,20-21H2,1-2H3,(H,29,31). The van der Waals surface area contributed by atoms with Crippen LogP contribution in [0.4, 0.5) is 5.69 Å². The van der Waals surface area contributed by atoms with E-state index in [1.807, 2.05) is 38.1 Å². The first-order chi connectivity index (χ1) is 16.8. The lowest BCUT2D eigenvalue weighted by molar-refractivity contribution is -0.120. The fourth-order valence-corrected chi connectivity index (χ4v) is 5.92. The van der Waals surface area contributed by atoms with E-state index in [1.54, 1.807) is 42.5 Å². The summed E-state index contributed by atoms with van der Waals surface area (Å²) in [6.45, 7) is 5.17. The van der Waals surface area contributed by atoms with Crippen LogP contribution in [0.25, 0.3) is 0 Å².